The van der Waals surface area contributed by atoms with Crippen molar-refractivity contribution >= 4 is 6.16 Å². The van der Waals surface area contributed by atoms with Gasteiger partial charge in [0.25, 0.3) is 0 Å². The Morgan fingerprint density at radius 2 is 2.06 bits per heavy atom. The summed E-state index contributed by atoms with van der Waals surface area (Å²) in [5.74, 6) is 1.89. The molecule has 0 radical (unpaired) electrons. The summed E-state index contributed by atoms with van der Waals surface area (Å²) in [5.41, 5.74) is 0. The predicted octanol–water partition coefficient (Wildman–Crippen LogP) is 2.40. The van der Waals surface area contributed by atoms with Crippen LogP contribution in [0.3, 0.4) is 0 Å². The molecule has 1 heterocycles. The van der Waals surface area contributed by atoms with Gasteiger partial charge < -0.3 is 9.47 Å². The lowest BCUT2D eigenvalue weighted by Gasteiger charge is -2.12. The SMILES string of the molecule is O=C(Oc1ccccn1)OC1C[C@@H]2C[C@@H]2C1. The van der Waals surface area contributed by atoms with Crippen LogP contribution in [0.5, 0.6) is 5.88 Å². The van der Waals surface area contributed by atoms with Crippen molar-refractivity contribution < 1.29 is 14.3 Å². The molecule has 0 aromatic carbocycles. The standard InChI is InChI=1S/C12H13NO3/c14-12(16-11-3-1-2-4-13-11)15-10-6-8-5-9(8)7-10/h1-4,8-10H,5-7H2/t8-,9+,10?. The topological polar surface area (TPSA) is 48.4 Å². The lowest BCUT2D eigenvalue weighted by atomic mass is 10.2. The molecule has 84 valence electrons. The summed E-state index contributed by atoms with van der Waals surface area (Å²) in [4.78, 5) is 15.3. The second kappa shape index (κ2) is 3.77. The van der Waals surface area contributed by atoms with Crippen LogP contribution in [0.1, 0.15) is 19.3 Å². The van der Waals surface area contributed by atoms with Gasteiger partial charge in [-0.15, -0.1) is 0 Å². The first-order valence-electron chi connectivity index (χ1n) is 5.61. The minimum Gasteiger partial charge on any atom is -0.431 e. The summed E-state index contributed by atoms with van der Waals surface area (Å²) in [5, 5.41) is 0. The highest BCUT2D eigenvalue weighted by molar-refractivity contribution is 5.63. The van der Waals surface area contributed by atoms with E-state index >= 15 is 0 Å². The normalized spacial score (nSPS) is 30.6. The molecule has 2 saturated carbocycles. The van der Waals surface area contributed by atoms with E-state index in [0.29, 0.717) is 0 Å². The number of hydrogen-bond donors (Lipinski definition) is 0. The Balaban J connectivity index is 1.50. The minimum absolute atomic E-state index is 0.0555. The van der Waals surface area contributed by atoms with E-state index in [1.54, 1.807) is 24.4 Å². The number of carbonyl (C=O) groups excluding carboxylic acids is 1. The Bertz CT molecular complexity index is 383. The molecule has 2 aliphatic rings. The van der Waals surface area contributed by atoms with Crippen LogP contribution in [-0.2, 0) is 4.74 Å². The average Bonchev–Trinajstić information content (AvgIpc) is 2.88. The zero-order chi connectivity index (χ0) is 11.0. The second-order valence-electron chi connectivity index (χ2n) is 4.49. The van der Waals surface area contributed by atoms with E-state index in [1.165, 1.54) is 6.42 Å². The maximum atomic E-state index is 11.4. The fourth-order valence-electron chi connectivity index (χ4n) is 2.41. The third-order valence-corrected chi connectivity index (χ3v) is 3.29. The van der Waals surface area contributed by atoms with Crippen molar-refractivity contribution in [1.82, 2.24) is 4.98 Å². The first-order valence-corrected chi connectivity index (χ1v) is 5.61. The van der Waals surface area contributed by atoms with E-state index in [9.17, 15) is 4.79 Å². The number of carbonyl (C=O) groups is 1. The van der Waals surface area contributed by atoms with Crippen LogP contribution < -0.4 is 4.74 Å². The molecule has 0 spiro atoms. The molecule has 1 unspecified atom stereocenters. The van der Waals surface area contributed by atoms with Gasteiger partial charge in [-0.3, -0.25) is 0 Å². The number of ether oxygens (including phenoxy) is 2. The Hall–Kier alpha value is -1.58. The molecule has 0 amide bonds. The molecular weight excluding hydrogens is 206 g/mol. The molecule has 0 N–H and O–H groups in total. The van der Waals surface area contributed by atoms with Crippen LogP contribution in [-0.4, -0.2) is 17.2 Å². The summed E-state index contributed by atoms with van der Waals surface area (Å²) in [6.45, 7) is 0. The van der Waals surface area contributed by atoms with Gasteiger partial charge >= 0.3 is 6.16 Å². The third kappa shape index (κ3) is 2.01. The predicted molar refractivity (Wildman–Crippen MR) is 56.0 cm³/mol. The van der Waals surface area contributed by atoms with Crippen LogP contribution in [0.15, 0.2) is 24.4 Å². The molecule has 3 atom stereocenters. The van der Waals surface area contributed by atoms with E-state index < -0.39 is 6.16 Å². The first kappa shape index (κ1) is 9.63. The van der Waals surface area contributed by atoms with Crippen molar-refractivity contribution in [3.8, 4) is 5.88 Å². The van der Waals surface area contributed by atoms with Crippen molar-refractivity contribution in [1.29, 1.82) is 0 Å². The highest BCUT2D eigenvalue weighted by Gasteiger charge is 2.47. The van der Waals surface area contributed by atoms with Crippen molar-refractivity contribution in [2.45, 2.75) is 25.4 Å². The number of aromatic nitrogens is 1. The van der Waals surface area contributed by atoms with Crippen molar-refractivity contribution in [3.63, 3.8) is 0 Å². The van der Waals surface area contributed by atoms with Gasteiger partial charge in [0.05, 0.1) is 0 Å². The summed E-state index contributed by atoms with van der Waals surface area (Å²) in [6, 6.07) is 5.16. The molecule has 0 saturated heterocycles. The number of nitrogens with zero attached hydrogens (tertiary/aromatic N) is 1. The zero-order valence-corrected chi connectivity index (χ0v) is 8.83. The number of hydrogen-bond acceptors (Lipinski definition) is 4. The van der Waals surface area contributed by atoms with Gasteiger partial charge in [0.15, 0.2) is 0 Å². The van der Waals surface area contributed by atoms with Gasteiger partial charge in [0.2, 0.25) is 5.88 Å². The van der Waals surface area contributed by atoms with E-state index in [1.807, 2.05) is 0 Å². The molecule has 0 bridgehead atoms. The number of rotatable bonds is 2. The monoisotopic (exact) mass is 219 g/mol. The highest BCUT2D eigenvalue weighted by atomic mass is 16.7. The number of fused-ring (bicyclic) bond motifs is 1. The zero-order valence-electron chi connectivity index (χ0n) is 8.83. The van der Waals surface area contributed by atoms with Gasteiger partial charge in [-0.25, -0.2) is 9.78 Å². The molecule has 1 aromatic rings. The van der Waals surface area contributed by atoms with Crippen LogP contribution in [0, 0.1) is 11.8 Å². The van der Waals surface area contributed by atoms with Crippen LogP contribution in [0.2, 0.25) is 0 Å². The van der Waals surface area contributed by atoms with E-state index in [4.69, 9.17) is 9.47 Å². The fraction of sp³-hybridized carbons (Fsp3) is 0.500. The quantitative estimate of drug-likeness (QED) is 0.716. The Kier molecular flexibility index (Phi) is 2.27. The van der Waals surface area contributed by atoms with Crippen molar-refractivity contribution in [2.24, 2.45) is 11.8 Å². The summed E-state index contributed by atoms with van der Waals surface area (Å²) >= 11 is 0. The molecular formula is C12H13NO3. The molecule has 3 rings (SSSR count). The Labute approximate surface area is 93.6 Å². The van der Waals surface area contributed by atoms with Gasteiger partial charge in [-0.05, 0) is 37.2 Å². The average molecular weight is 219 g/mol. The first-order chi connectivity index (χ1) is 7.81. The second-order valence-corrected chi connectivity index (χ2v) is 4.49. The highest BCUT2D eigenvalue weighted by Crippen LogP contribution is 2.52. The minimum atomic E-state index is -0.634. The maximum absolute atomic E-state index is 11.4. The third-order valence-electron chi connectivity index (χ3n) is 3.29. The van der Waals surface area contributed by atoms with E-state index in [-0.39, 0.29) is 12.0 Å². The lowest BCUT2D eigenvalue weighted by molar-refractivity contribution is 0.0550. The fourth-order valence-corrected chi connectivity index (χ4v) is 2.41. The van der Waals surface area contributed by atoms with Crippen LogP contribution >= 0.6 is 0 Å². The lowest BCUT2D eigenvalue weighted by Crippen LogP contribution is -2.19. The molecule has 4 heteroatoms. The van der Waals surface area contributed by atoms with Crippen LogP contribution in [0.25, 0.3) is 0 Å². The Morgan fingerprint density at radius 3 is 2.75 bits per heavy atom. The van der Waals surface area contributed by atoms with Crippen LogP contribution in [0.4, 0.5) is 4.79 Å². The van der Waals surface area contributed by atoms with Crippen molar-refractivity contribution in [3.05, 3.63) is 24.4 Å². The van der Waals surface area contributed by atoms with Gasteiger partial charge in [0.1, 0.15) is 6.10 Å². The smallest absolute Gasteiger partial charge is 0.431 e. The molecule has 16 heavy (non-hydrogen) atoms. The summed E-state index contributed by atoms with van der Waals surface area (Å²) < 4.78 is 10.2. The van der Waals surface area contributed by atoms with E-state index in [2.05, 4.69) is 4.98 Å². The largest absolute Gasteiger partial charge is 0.515 e. The van der Waals surface area contributed by atoms with Gasteiger partial charge in [0, 0.05) is 12.3 Å². The van der Waals surface area contributed by atoms with Gasteiger partial charge in [-0.1, -0.05) is 6.07 Å². The maximum Gasteiger partial charge on any atom is 0.515 e. The summed E-state index contributed by atoms with van der Waals surface area (Å²) in [6.07, 6.45) is 4.32. The molecule has 2 fully saturated rings. The van der Waals surface area contributed by atoms with Gasteiger partial charge in [-0.2, -0.15) is 0 Å². The Morgan fingerprint density at radius 1 is 1.25 bits per heavy atom. The summed E-state index contributed by atoms with van der Waals surface area (Å²) in [7, 11) is 0. The number of pyridine rings is 1. The molecule has 1 aromatic heterocycles. The molecule has 0 aliphatic heterocycles. The molecule has 2 aliphatic carbocycles. The van der Waals surface area contributed by atoms with Crippen molar-refractivity contribution in [2.75, 3.05) is 0 Å². The van der Waals surface area contributed by atoms with E-state index in [0.717, 1.165) is 24.7 Å². The molecule has 4 nitrogen and oxygen atoms in total.